The Morgan fingerprint density at radius 3 is 1.76 bits per heavy atom. The number of aliphatic hydroxyl groups is 8. The molecule has 384 valence electrons. The van der Waals surface area contributed by atoms with Crippen molar-refractivity contribution in [2.24, 2.45) is 11.8 Å². The number of carbonyl (C=O) groups excluding carboxylic acids is 5. The summed E-state index contributed by atoms with van der Waals surface area (Å²) in [6.45, 7) is -2.31. The van der Waals surface area contributed by atoms with Crippen molar-refractivity contribution in [1.29, 1.82) is 0 Å². The number of nitrogens with one attached hydrogen (secondary N) is 5. The number of amides is 3. The van der Waals surface area contributed by atoms with Crippen LogP contribution in [0.4, 0.5) is 11.6 Å². The van der Waals surface area contributed by atoms with Gasteiger partial charge in [0.05, 0.1) is 68.2 Å². The fourth-order valence-corrected chi connectivity index (χ4v) is 6.79. The Labute approximate surface area is 399 Å². The number of Topliss-reactive ketones (excluding diaryl/α,β-unsaturated/α-hetero) is 2. The fraction of sp³-hybridized carbons (Fsp3) is 0.500. The molecular formula is C40H53N9O20S. The molecule has 0 saturated carbocycles. The van der Waals surface area contributed by atoms with Gasteiger partial charge in [-0.2, -0.15) is 17.6 Å². The van der Waals surface area contributed by atoms with Gasteiger partial charge in [-0.3, -0.25) is 38.5 Å². The van der Waals surface area contributed by atoms with E-state index in [-0.39, 0.29) is 29.2 Å². The first-order valence-corrected chi connectivity index (χ1v) is 21.5. The second-order valence-electron chi connectivity index (χ2n) is 15.6. The first kappa shape index (κ1) is 57.5. The lowest BCUT2D eigenvalue weighted by Gasteiger charge is -2.31. The maximum atomic E-state index is 13.7. The zero-order valence-electron chi connectivity index (χ0n) is 36.6. The van der Waals surface area contributed by atoms with Gasteiger partial charge < -0.3 is 83.2 Å². The molecule has 0 aliphatic rings. The lowest BCUT2D eigenvalue weighted by molar-refractivity contribution is -0.149. The number of fused-ring (bicyclic) bond motifs is 1. The maximum Gasteiger partial charge on any atom is 0.327 e. The number of nitrogens with two attached hydrogens (primary N) is 1. The molecule has 29 nitrogen and oxygen atoms in total. The number of carboxylic acid groups (broad SMARTS) is 3. The molecule has 0 fully saturated rings. The highest BCUT2D eigenvalue weighted by atomic mass is 32.1. The van der Waals surface area contributed by atoms with E-state index in [4.69, 9.17) is 5.73 Å². The number of aromatic amines is 1. The number of hydrogen-bond acceptors (Lipinski definition) is 23. The lowest BCUT2D eigenvalue weighted by Crippen LogP contribution is -2.54. The molecule has 2 heterocycles. The van der Waals surface area contributed by atoms with Crippen molar-refractivity contribution in [2.45, 2.75) is 93.4 Å². The van der Waals surface area contributed by atoms with Crippen LogP contribution in [-0.4, -0.2) is 197 Å². The quantitative estimate of drug-likeness (QED) is 0.0276. The van der Waals surface area contributed by atoms with Crippen LogP contribution >= 0.6 is 12.6 Å². The number of nitrogen functional groups attached to an aromatic ring is 1. The van der Waals surface area contributed by atoms with E-state index in [0.29, 0.717) is 11.4 Å². The number of aliphatic hydroxyl groups excluding tert-OH is 8. The van der Waals surface area contributed by atoms with E-state index in [9.17, 15) is 99.3 Å². The van der Waals surface area contributed by atoms with Crippen LogP contribution in [0.25, 0.3) is 11.2 Å². The van der Waals surface area contributed by atoms with Crippen molar-refractivity contribution in [3.8, 4) is 0 Å². The standard InChI is InChI=1S/C40H53N9O20S/c41-40-48-33-28(37(65)49-40)44-17(11-43-33)10-42-16-3-1-15(2-4-16)34(62)45-21(38(66)67)6-5-18(52)7-19(29(58)31(60)25(54)12-50)35(63)46-22(9-27(56)57)24(53)8-20(30(59)32(61)26(55)13-51)36(64)47-23(14-70)39(68)69/h1-4,11,19-23,25-26,29-32,42,50-51,54-55,58-61,70H,5-10,12-14H2,(H,45,62)(H,46,63)(H,47,64)(H,56,57)(H,66,67)(H,68,69)(H3,41,43,48,49,65)/t19-,20-,21-,22-,23-,25+,26+,29+,30+,31+,32+/m0/s1. The molecular weight excluding hydrogens is 959 g/mol. The fourth-order valence-electron chi connectivity index (χ4n) is 6.55. The topological polar surface area (TPSA) is 505 Å². The van der Waals surface area contributed by atoms with E-state index < -0.39 is 170 Å². The monoisotopic (exact) mass is 1010 g/mol. The zero-order valence-corrected chi connectivity index (χ0v) is 37.5. The first-order chi connectivity index (χ1) is 32.9. The molecule has 2 aromatic heterocycles. The van der Waals surface area contributed by atoms with Crippen LogP contribution < -0.4 is 32.6 Å². The van der Waals surface area contributed by atoms with Crippen molar-refractivity contribution >= 4 is 82.6 Å². The molecule has 0 aliphatic heterocycles. The third-order valence-corrected chi connectivity index (χ3v) is 10.9. The SMILES string of the molecule is Nc1nc2ncc(CNc3ccc(C(=O)N[C@@H](CCC(=O)C[C@H](C(=O)N[C@@H](CC(=O)O)C(=O)C[C@H](C(=O)N[C@@H](CS)C(=O)O)[C@@H](O)[C@H](O)[C@H](O)CO)[C@@H](O)[C@H](O)[C@H](O)CO)C(=O)O)cc3)nc2c(=O)[nH]1. The number of carbonyl (C=O) groups is 8. The van der Waals surface area contributed by atoms with Crippen LogP contribution in [-0.2, 0) is 40.1 Å². The number of anilines is 2. The first-order valence-electron chi connectivity index (χ1n) is 20.8. The number of rotatable bonds is 30. The Bertz CT molecular complexity index is 2410. The van der Waals surface area contributed by atoms with Gasteiger partial charge in [-0.1, -0.05) is 0 Å². The Balaban J connectivity index is 1.77. The zero-order chi connectivity index (χ0) is 52.6. The van der Waals surface area contributed by atoms with Gasteiger partial charge in [0.2, 0.25) is 17.8 Å². The van der Waals surface area contributed by atoms with Crippen LogP contribution in [0.3, 0.4) is 0 Å². The summed E-state index contributed by atoms with van der Waals surface area (Å²) >= 11 is 3.78. The van der Waals surface area contributed by atoms with Gasteiger partial charge in [0.1, 0.15) is 42.3 Å². The summed E-state index contributed by atoms with van der Waals surface area (Å²) in [7, 11) is 0. The van der Waals surface area contributed by atoms with Gasteiger partial charge in [0, 0.05) is 36.3 Å². The number of aromatic nitrogens is 4. The van der Waals surface area contributed by atoms with Crippen LogP contribution in [0, 0.1) is 11.8 Å². The number of nitrogens with zero attached hydrogens (tertiary/aromatic N) is 3. The van der Waals surface area contributed by atoms with E-state index in [1.54, 1.807) is 0 Å². The van der Waals surface area contributed by atoms with Crippen molar-refractivity contribution in [3.05, 3.63) is 52.1 Å². The second-order valence-corrected chi connectivity index (χ2v) is 16.0. The molecule has 18 N–H and O–H groups in total. The summed E-state index contributed by atoms with van der Waals surface area (Å²) in [5.41, 5.74) is 5.66. The number of hydrogen-bond donors (Lipinski definition) is 18. The number of ketones is 2. The van der Waals surface area contributed by atoms with Gasteiger partial charge in [-0.25, -0.2) is 19.6 Å². The Morgan fingerprint density at radius 2 is 1.24 bits per heavy atom. The van der Waals surface area contributed by atoms with Crippen molar-refractivity contribution in [1.82, 2.24) is 35.9 Å². The van der Waals surface area contributed by atoms with E-state index in [2.05, 4.69) is 43.2 Å². The predicted molar refractivity (Wildman–Crippen MR) is 238 cm³/mol. The number of carboxylic acids is 3. The normalized spacial score (nSPS) is 16.1. The van der Waals surface area contributed by atoms with E-state index in [0.717, 1.165) is 0 Å². The summed E-state index contributed by atoms with van der Waals surface area (Å²) in [4.78, 5) is 129. The number of aliphatic carboxylic acids is 3. The molecule has 30 heteroatoms. The molecule has 3 rings (SSSR count). The van der Waals surface area contributed by atoms with Gasteiger partial charge in [-0.05, 0) is 30.7 Å². The minimum atomic E-state index is -2.47. The molecule has 1 aromatic carbocycles. The summed E-state index contributed by atoms with van der Waals surface area (Å²) in [5.74, 6) is -16.5. The van der Waals surface area contributed by atoms with E-state index >= 15 is 0 Å². The molecule has 0 radical (unpaired) electrons. The van der Waals surface area contributed by atoms with Crippen LogP contribution in [0.5, 0.6) is 0 Å². The van der Waals surface area contributed by atoms with Crippen LogP contribution in [0.2, 0.25) is 0 Å². The Hall–Kier alpha value is -6.77. The maximum absolute atomic E-state index is 13.7. The van der Waals surface area contributed by atoms with Crippen molar-refractivity contribution in [2.75, 3.05) is 30.0 Å². The molecule has 3 aromatic rings. The van der Waals surface area contributed by atoms with Gasteiger partial charge in [-0.15, -0.1) is 0 Å². The van der Waals surface area contributed by atoms with Crippen molar-refractivity contribution in [3.63, 3.8) is 0 Å². The van der Waals surface area contributed by atoms with E-state index in [1.807, 2.05) is 10.6 Å². The van der Waals surface area contributed by atoms with Gasteiger partial charge in [0.15, 0.2) is 16.9 Å². The molecule has 11 atom stereocenters. The summed E-state index contributed by atoms with van der Waals surface area (Å²) in [6.07, 6.45) is -17.7. The molecule has 0 bridgehead atoms. The lowest BCUT2D eigenvalue weighted by atomic mass is 9.86. The average molecular weight is 1010 g/mol. The Kier molecular flexibility index (Phi) is 22.1. The number of benzene rings is 1. The highest BCUT2D eigenvalue weighted by Crippen LogP contribution is 2.22. The van der Waals surface area contributed by atoms with Gasteiger partial charge in [0.25, 0.3) is 11.5 Å². The molecule has 70 heavy (non-hydrogen) atoms. The summed E-state index contributed by atoms with van der Waals surface area (Å²) in [5, 5.41) is 119. The number of thiol groups is 1. The van der Waals surface area contributed by atoms with Crippen LogP contribution in [0.1, 0.15) is 48.2 Å². The van der Waals surface area contributed by atoms with Gasteiger partial charge >= 0.3 is 17.9 Å². The molecule has 0 unspecified atom stereocenters. The predicted octanol–water partition coefficient (Wildman–Crippen LogP) is -6.37. The summed E-state index contributed by atoms with van der Waals surface area (Å²) in [6, 6.07) is -0.158. The smallest absolute Gasteiger partial charge is 0.327 e. The second kappa shape index (κ2) is 26.8. The minimum absolute atomic E-state index is 0.0310. The average Bonchev–Trinajstić information content (AvgIpc) is 3.32. The molecule has 3 amide bonds. The number of H-pyrrole nitrogens is 1. The van der Waals surface area contributed by atoms with E-state index in [1.165, 1.54) is 30.5 Å². The largest absolute Gasteiger partial charge is 0.481 e. The highest BCUT2D eigenvalue weighted by Gasteiger charge is 2.42. The summed E-state index contributed by atoms with van der Waals surface area (Å²) < 4.78 is 0. The third kappa shape index (κ3) is 16.4. The van der Waals surface area contributed by atoms with Crippen LogP contribution in [0.15, 0.2) is 35.3 Å². The molecule has 0 spiro atoms. The molecule has 0 saturated heterocycles. The third-order valence-electron chi connectivity index (χ3n) is 10.5. The van der Waals surface area contributed by atoms with Crippen molar-refractivity contribution < 1.29 is 94.5 Å². The highest BCUT2D eigenvalue weighted by molar-refractivity contribution is 7.80. The molecule has 0 aliphatic carbocycles. The Morgan fingerprint density at radius 1 is 0.700 bits per heavy atom. The minimum Gasteiger partial charge on any atom is -0.481 e.